The fraction of sp³-hybridized carbons (Fsp3) is 0.421. The second-order valence-electron chi connectivity index (χ2n) is 7.11. The Morgan fingerprint density at radius 2 is 2.16 bits per heavy atom. The molecule has 3 aromatic rings. The molecule has 12 heteroatoms. The zero-order valence-corrected chi connectivity index (χ0v) is 17.6. The maximum atomic E-state index is 14.7. The highest BCUT2D eigenvalue weighted by Crippen LogP contribution is 2.30. The molecule has 1 N–H and O–H groups in total. The predicted molar refractivity (Wildman–Crippen MR) is 109 cm³/mol. The second-order valence-corrected chi connectivity index (χ2v) is 7.49. The third-order valence-electron chi connectivity index (χ3n) is 5.02. The molecule has 1 saturated heterocycles. The van der Waals surface area contributed by atoms with Gasteiger partial charge in [0, 0.05) is 6.07 Å². The maximum absolute atomic E-state index is 14.7. The van der Waals surface area contributed by atoms with E-state index >= 15 is 0 Å². The van der Waals surface area contributed by atoms with E-state index in [9.17, 15) is 9.18 Å². The Morgan fingerprint density at radius 1 is 1.35 bits per heavy atom. The summed E-state index contributed by atoms with van der Waals surface area (Å²) in [6.45, 7) is 3.48. The van der Waals surface area contributed by atoms with Gasteiger partial charge in [0.25, 0.3) is 5.56 Å². The van der Waals surface area contributed by atoms with Crippen molar-refractivity contribution >= 4 is 17.3 Å². The minimum Gasteiger partial charge on any atom is -0.469 e. The van der Waals surface area contributed by atoms with E-state index in [1.165, 1.54) is 12.5 Å². The average molecular weight is 451 g/mol. The van der Waals surface area contributed by atoms with Gasteiger partial charge in [0.2, 0.25) is 5.88 Å². The molecule has 0 aromatic carbocycles. The van der Waals surface area contributed by atoms with Crippen LogP contribution in [0.5, 0.6) is 5.88 Å². The number of ether oxygens (including phenoxy) is 1. The zero-order chi connectivity index (χ0) is 22.1. The lowest BCUT2D eigenvalue weighted by atomic mass is 10.1. The Hall–Kier alpha value is -3.05. The first-order chi connectivity index (χ1) is 14.9. The quantitative estimate of drug-likeness (QED) is 0.596. The Bertz CT molecular complexity index is 1130. The molecule has 3 aromatic heterocycles. The summed E-state index contributed by atoms with van der Waals surface area (Å²) in [6, 6.07) is 1.60. The number of aryl methyl sites for hydroxylation is 2. The Balaban J connectivity index is 1.53. The van der Waals surface area contributed by atoms with Crippen LogP contribution in [-0.2, 0) is 6.54 Å². The van der Waals surface area contributed by atoms with Gasteiger partial charge in [-0.1, -0.05) is 16.8 Å². The van der Waals surface area contributed by atoms with Crippen LogP contribution >= 0.6 is 11.6 Å². The molecule has 0 aliphatic carbocycles. The number of halogens is 2. The molecule has 0 spiro atoms. The van der Waals surface area contributed by atoms with Crippen LogP contribution in [0.15, 0.2) is 27.9 Å². The van der Waals surface area contributed by atoms with Gasteiger partial charge in [0.15, 0.2) is 12.3 Å². The lowest BCUT2D eigenvalue weighted by molar-refractivity contribution is 0.134. The highest BCUT2D eigenvalue weighted by Gasteiger charge is 2.36. The summed E-state index contributed by atoms with van der Waals surface area (Å²) < 4.78 is 26.7. The van der Waals surface area contributed by atoms with Crippen LogP contribution in [-0.4, -0.2) is 62.0 Å². The van der Waals surface area contributed by atoms with Gasteiger partial charge in [-0.2, -0.15) is 5.10 Å². The smallest absolute Gasteiger partial charge is 0.287 e. The molecule has 0 saturated carbocycles. The van der Waals surface area contributed by atoms with Gasteiger partial charge >= 0.3 is 0 Å². The minimum absolute atomic E-state index is 0.0165. The van der Waals surface area contributed by atoms with Gasteiger partial charge in [-0.25, -0.2) is 19.0 Å². The van der Waals surface area contributed by atoms with E-state index in [1.54, 1.807) is 24.8 Å². The summed E-state index contributed by atoms with van der Waals surface area (Å²) in [7, 11) is 0. The van der Waals surface area contributed by atoms with Crippen molar-refractivity contribution < 1.29 is 18.8 Å². The number of aromatic nitrogens is 5. The lowest BCUT2D eigenvalue weighted by Crippen LogP contribution is -2.30. The normalized spacial score (nSPS) is 18.5. The number of hydrogen-bond donors (Lipinski definition) is 1. The number of aliphatic hydroxyl groups excluding tert-OH is 1. The molecule has 0 radical (unpaired) electrons. The molecule has 2 atom stereocenters. The van der Waals surface area contributed by atoms with E-state index in [1.807, 2.05) is 0 Å². The topological polar surface area (TPSA) is 119 Å². The first-order valence-corrected chi connectivity index (χ1v) is 9.94. The second kappa shape index (κ2) is 8.60. The molecule has 0 bridgehead atoms. The number of alkyl halides is 1. The zero-order valence-electron chi connectivity index (χ0n) is 16.8. The van der Waals surface area contributed by atoms with Gasteiger partial charge in [-0.3, -0.25) is 4.79 Å². The lowest BCUT2D eigenvalue weighted by Gasteiger charge is -2.19. The van der Waals surface area contributed by atoms with Crippen molar-refractivity contribution in [3.8, 4) is 17.1 Å². The van der Waals surface area contributed by atoms with Crippen LogP contribution in [0.3, 0.4) is 0 Å². The van der Waals surface area contributed by atoms with Crippen molar-refractivity contribution in [1.29, 1.82) is 0 Å². The first-order valence-electron chi connectivity index (χ1n) is 9.56. The van der Waals surface area contributed by atoms with Crippen LogP contribution < -0.4 is 15.2 Å². The molecule has 1 aliphatic heterocycles. The van der Waals surface area contributed by atoms with Crippen molar-refractivity contribution in [3.63, 3.8) is 0 Å². The molecule has 31 heavy (non-hydrogen) atoms. The van der Waals surface area contributed by atoms with E-state index < -0.39 is 17.8 Å². The van der Waals surface area contributed by atoms with Crippen molar-refractivity contribution in [2.45, 2.75) is 32.7 Å². The fourth-order valence-corrected chi connectivity index (χ4v) is 3.78. The van der Waals surface area contributed by atoms with Crippen molar-refractivity contribution in [3.05, 3.63) is 45.4 Å². The van der Waals surface area contributed by atoms with Crippen molar-refractivity contribution in [1.82, 2.24) is 24.9 Å². The largest absolute Gasteiger partial charge is 0.469 e. The highest BCUT2D eigenvalue weighted by atomic mass is 35.5. The fourth-order valence-electron chi connectivity index (χ4n) is 3.52. The third kappa shape index (κ3) is 4.10. The van der Waals surface area contributed by atoms with Crippen LogP contribution in [0.2, 0.25) is 5.02 Å². The summed E-state index contributed by atoms with van der Waals surface area (Å²) >= 11 is 6.18. The molecule has 1 aliphatic rings. The van der Waals surface area contributed by atoms with Gasteiger partial charge in [-0.15, -0.1) is 0 Å². The van der Waals surface area contributed by atoms with Crippen LogP contribution in [0, 0.1) is 13.8 Å². The maximum Gasteiger partial charge on any atom is 0.287 e. The number of anilines is 1. The van der Waals surface area contributed by atoms with Gasteiger partial charge in [0.05, 0.1) is 55.1 Å². The molecular weight excluding hydrogens is 431 g/mol. The van der Waals surface area contributed by atoms with Gasteiger partial charge < -0.3 is 19.3 Å². The minimum atomic E-state index is -1.34. The summed E-state index contributed by atoms with van der Waals surface area (Å²) in [5.41, 5.74) is 1.74. The number of rotatable bonds is 6. The molecule has 10 nitrogen and oxygen atoms in total. The standard InChI is InChI=1S/C19H20ClFN6O4/c1-10-17(11(2)31-25-10)13-5-16(23-9-22-13)30-15-8-26(7-12(15)21)14-6-24-27(3-4-28)19(29)18(14)20/h5-6,9,12,15,28H,3-4,7-8H2,1-2H3/t12-,15-/m0/s1. The number of nitrogens with zero attached hydrogens (tertiary/aromatic N) is 6. The SMILES string of the molecule is Cc1noc(C)c1-c1cc(O[C@H]2CN(c3cnn(CCO)c(=O)c3Cl)C[C@@H]2F)ncn1. The van der Waals surface area contributed by atoms with E-state index in [2.05, 4.69) is 20.2 Å². The summed E-state index contributed by atoms with van der Waals surface area (Å²) in [5.74, 6) is 0.817. The van der Waals surface area contributed by atoms with Gasteiger partial charge in [0.1, 0.15) is 17.1 Å². The molecule has 4 rings (SSSR count). The monoisotopic (exact) mass is 450 g/mol. The Kier molecular flexibility index (Phi) is 5.88. The summed E-state index contributed by atoms with van der Waals surface area (Å²) in [5, 5.41) is 16.8. The molecule has 1 fully saturated rings. The molecule has 0 unspecified atom stereocenters. The van der Waals surface area contributed by atoms with Gasteiger partial charge in [-0.05, 0) is 13.8 Å². The van der Waals surface area contributed by atoms with Crippen molar-refractivity contribution in [2.75, 3.05) is 24.6 Å². The van der Waals surface area contributed by atoms with Crippen molar-refractivity contribution in [2.24, 2.45) is 0 Å². The summed E-state index contributed by atoms with van der Waals surface area (Å²) in [6.07, 6.45) is 0.545. The summed E-state index contributed by atoms with van der Waals surface area (Å²) in [4.78, 5) is 22.2. The molecule has 164 valence electrons. The van der Waals surface area contributed by atoms with Crippen LogP contribution in [0.1, 0.15) is 11.5 Å². The first kappa shape index (κ1) is 21.2. The van der Waals surface area contributed by atoms with E-state index in [-0.39, 0.29) is 37.1 Å². The Morgan fingerprint density at radius 3 is 2.87 bits per heavy atom. The van der Waals surface area contributed by atoms with E-state index in [0.29, 0.717) is 22.8 Å². The average Bonchev–Trinajstić information content (AvgIpc) is 3.27. The Labute approximate surface area is 181 Å². The number of hydrogen-bond acceptors (Lipinski definition) is 9. The molecular formula is C19H20ClFN6O4. The van der Waals surface area contributed by atoms with E-state index in [0.717, 1.165) is 10.2 Å². The molecule has 0 amide bonds. The van der Waals surface area contributed by atoms with E-state index in [4.69, 9.17) is 26.0 Å². The van der Waals surface area contributed by atoms with Crippen LogP contribution in [0.25, 0.3) is 11.3 Å². The highest BCUT2D eigenvalue weighted by molar-refractivity contribution is 6.33. The predicted octanol–water partition coefficient (Wildman–Crippen LogP) is 1.56. The third-order valence-corrected chi connectivity index (χ3v) is 5.38. The number of aliphatic hydroxyl groups is 1. The molecule has 4 heterocycles. The van der Waals surface area contributed by atoms with Crippen LogP contribution in [0.4, 0.5) is 10.1 Å².